The van der Waals surface area contributed by atoms with Gasteiger partial charge in [-0.15, -0.1) is 0 Å². The van der Waals surface area contributed by atoms with Crippen LogP contribution in [0.4, 0.5) is 23.2 Å². The summed E-state index contributed by atoms with van der Waals surface area (Å²) in [7, 11) is 1.80. The number of hydrogen-bond donors (Lipinski definition) is 0. The summed E-state index contributed by atoms with van der Waals surface area (Å²) in [6.45, 7) is 2.20. The van der Waals surface area contributed by atoms with Gasteiger partial charge in [0, 0.05) is 69.0 Å². The van der Waals surface area contributed by atoms with Crippen LogP contribution in [0.3, 0.4) is 0 Å². The average molecular weight is 677 g/mol. The summed E-state index contributed by atoms with van der Waals surface area (Å²) in [6.07, 6.45) is 1.16. The molecule has 1 fully saturated rings. The van der Waals surface area contributed by atoms with Gasteiger partial charge in [-0.25, -0.2) is 4.39 Å². The summed E-state index contributed by atoms with van der Waals surface area (Å²) in [6, 6.07) is 18.8. The Labute approximate surface area is 278 Å². The second-order valence-corrected chi connectivity index (χ2v) is 12.5. The van der Waals surface area contributed by atoms with E-state index in [9.17, 15) is 27.2 Å². The molecule has 0 saturated carbocycles. The number of thioether (sulfide) groups is 1. The molecule has 0 radical (unpaired) electrons. The Bertz CT molecular complexity index is 1930. The van der Waals surface area contributed by atoms with Gasteiger partial charge in [0.1, 0.15) is 12.4 Å². The lowest BCUT2D eigenvalue weighted by Crippen LogP contribution is -2.49. The van der Waals surface area contributed by atoms with Crippen molar-refractivity contribution in [3.05, 3.63) is 130 Å². The van der Waals surface area contributed by atoms with Crippen molar-refractivity contribution >= 4 is 23.4 Å². The number of halogens is 4. The van der Waals surface area contributed by atoms with Crippen molar-refractivity contribution < 1.29 is 22.4 Å². The maximum absolute atomic E-state index is 13.6. The fourth-order valence-corrected chi connectivity index (χ4v) is 6.48. The number of carbonyl (C=O) groups excluding carboxylic acids is 1. The molecule has 0 N–H and O–H groups in total. The number of aryl methyl sites for hydroxylation is 1. The highest BCUT2D eigenvalue weighted by Gasteiger charge is 2.30. The average Bonchev–Trinajstić information content (AvgIpc) is 3.50. The van der Waals surface area contributed by atoms with Gasteiger partial charge >= 0.3 is 6.18 Å². The molecule has 2 aromatic heterocycles. The quantitative estimate of drug-likeness (QED) is 0.108. The molecule has 1 saturated heterocycles. The van der Waals surface area contributed by atoms with Crippen LogP contribution >= 0.6 is 11.8 Å². The SMILES string of the molecule is Cn1cc(Cc2cn(CC(=O)N3CCN(c4ccc(-c5ccc(C(F)(F)F)cc5)cc4)CC3)c(SCc3ccc(F)cc3)nc2=O)cn1. The van der Waals surface area contributed by atoms with Crippen LogP contribution in [-0.2, 0) is 36.7 Å². The van der Waals surface area contributed by atoms with Gasteiger partial charge in [0.2, 0.25) is 5.91 Å². The Morgan fingerprint density at radius 1 is 0.854 bits per heavy atom. The van der Waals surface area contributed by atoms with E-state index >= 15 is 0 Å². The zero-order chi connectivity index (χ0) is 33.8. The Hall–Kier alpha value is -4.91. The van der Waals surface area contributed by atoms with E-state index in [-0.39, 0.29) is 23.8 Å². The Balaban J connectivity index is 1.12. The molecule has 13 heteroatoms. The van der Waals surface area contributed by atoms with Crippen LogP contribution < -0.4 is 10.5 Å². The number of carbonyl (C=O) groups is 1. The third kappa shape index (κ3) is 7.96. The summed E-state index contributed by atoms with van der Waals surface area (Å²) >= 11 is 1.31. The predicted octanol–water partition coefficient (Wildman–Crippen LogP) is 6.03. The minimum absolute atomic E-state index is 0.000889. The molecule has 6 rings (SSSR count). The van der Waals surface area contributed by atoms with Crippen molar-refractivity contribution in [1.82, 2.24) is 24.2 Å². The topological polar surface area (TPSA) is 76.3 Å². The van der Waals surface area contributed by atoms with E-state index in [0.29, 0.717) is 54.6 Å². The van der Waals surface area contributed by atoms with Gasteiger partial charge in [0.05, 0.1) is 11.8 Å². The lowest BCUT2D eigenvalue weighted by atomic mass is 10.0. The molecule has 0 bridgehead atoms. The summed E-state index contributed by atoms with van der Waals surface area (Å²) in [5.41, 5.74) is 3.57. The van der Waals surface area contributed by atoms with Crippen molar-refractivity contribution in [3.8, 4) is 11.1 Å². The van der Waals surface area contributed by atoms with Crippen LogP contribution in [0, 0.1) is 5.82 Å². The van der Waals surface area contributed by atoms with Gasteiger partial charge in [0.15, 0.2) is 5.16 Å². The molecule has 1 aliphatic heterocycles. The first-order valence-electron chi connectivity index (χ1n) is 15.3. The van der Waals surface area contributed by atoms with Gasteiger partial charge in [-0.2, -0.15) is 23.3 Å². The number of alkyl halides is 3. The van der Waals surface area contributed by atoms with Crippen molar-refractivity contribution in [2.45, 2.75) is 30.1 Å². The number of hydrogen-bond acceptors (Lipinski definition) is 6. The van der Waals surface area contributed by atoms with Crippen LogP contribution in [0.5, 0.6) is 0 Å². The molecule has 0 spiro atoms. The van der Waals surface area contributed by atoms with E-state index < -0.39 is 11.7 Å². The number of piperazine rings is 1. The van der Waals surface area contributed by atoms with Crippen molar-refractivity contribution in [1.29, 1.82) is 0 Å². The number of nitrogens with zero attached hydrogens (tertiary/aromatic N) is 6. The lowest BCUT2D eigenvalue weighted by Gasteiger charge is -2.36. The van der Waals surface area contributed by atoms with E-state index in [1.54, 1.807) is 45.7 Å². The molecule has 3 heterocycles. The molecule has 3 aromatic carbocycles. The molecular formula is C35H32F4N6O2S. The highest BCUT2D eigenvalue weighted by Crippen LogP contribution is 2.31. The Kier molecular flexibility index (Phi) is 9.67. The van der Waals surface area contributed by atoms with Gasteiger partial charge in [-0.1, -0.05) is 48.2 Å². The molecule has 5 aromatic rings. The first kappa shape index (κ1) is 33.0. The highest BCUT2D eigenvalue weighted by molar-refractivity contribution is 7.98. The fourth-order valence-electron chi connectivity index (χ4n) is 5.56. The van der Waals surface area contributed by atoms with E-state index in [4.69, 9.17) is 0 Å². The second kappa shape index (κ2) is 14.1. The standard InChI is InChI=1S/C35H32F4N6O2S/c1-42-20-25(19-40-42)18-28-21-45(34(41-33(28)47)48-23-24-2-10-30(36)11-3-24)22-32(46)44-16-14-43(15-17-44)31-12-6-27(7-13-31)26-4-8-29(9-5-26)35(37,38)39/h2-13,19-21H,14-18,22-23H2,1H3. The van der Waals surface area contributed by atoms with E-state index in [2.05, 4.69) is 15.0 Å². The van der Waals surface area contributed by atoms with Crippen molar-refractivity contribution in [2.75, 3.05) is 31.1 Å². The number of anilines is 1. The van der Waals surface area contributed by atoms with Crippen LogP contribution in [0.2, 0.25) is 0 Å². The normalized spacial score (nSPS) is 13.6. The third-order valence-corrected chi connectivity index (χ3v) is 9.24. The summed E-state index contributed by atoms with van der Waals surface area (Å²) in [4.78, 5) is 34.9. The molecule has 1 aliphatic rings. The molecule has 0 unspecified atom stereocenters. The van der Waals surface area contributed by atoms with Crippen LogP contribution in [0.15, 0.2) is 101 Å². The molecule has 8 nitrogen and oxygen atoms in total. The first-order valence-corrected chi connectivity index (χ1v) is 16.3. The minimum atomic E-state index is -4.38. The third-order valence-electron chi connectivity index (χ3n) is 8.18. The Morgan fingerprint density at radius 2 is 1.50 bits per heavy atom. The number of benzene rings is 3. The van der Waals surface area contributed by atoms with Crippen molar-refractivity contribution in [3.63, 3.8) is 0 Å². The summed E-state index contributed by atoms with van der Waals surface area (Å²) in [5, 5.41) is 4.58. The lowest BCUT2D eigenvalue weighted by molar-refractivity contribution is -0.137. The predicted molar refractivity (Wildman–Crippen MR) is 176 cm³/mol. The maximum atomic E-state index is 13.6. The Morgan fingerprint density at radius 3 is 2.10 bits per heavy atom. The van der Waals surface area contributed by atoms with Crippen LogP contribution in [0.25, 0.3) is 11.1 Å². The minimum Gasteiger partial charge on any atom is -0.368 e. The molecule has 248 valence electrons. The van der Waals surface area contributed by atoms with Crippen molar-refractivity contribution in [2.24, 2.45) is 7.05 Å². The largest absolute Gasteiger partial charge is 0.416 e. The zero-order valence-electron chi connectivity index (χ0n) is 26.0. The smallest absolute Gasteiger partial charge is 0.368 e. The number of aromatic nitrogens is 4. The van der Waals surface area contributed by atoms with Crippen LogP contribution in [0.1, 0.15) is 22.3 Å². The maximum Gasteiger partial charge on any atom is 0.416 e. The van der Waals surface area contributed by atoms with Crippen LogP contribution in [-0.4, -0.2) is 56.3 Å². The molecular weight excluding hydrogens is 644 g/mol. The highest BCUT2D eigenvalue weighted by atomic mass is 32.2. The van der Waals surface area contributed by atoms with Gasteiger partial charge in [-0.3, -0.25) is 14.3 Å². The summed E-state index contributed by atoms with van der Waals surface area (Å²) < 4.78 is 55.6. The van der Waals surface area contributed by atoms with Gasteiger partial charge in [-0.05, 0) is 58.7 Å². The molecule has 0 aliphatic carbocycles. The van der Waals surface area contributed by atoms with E-state index in [0.717, 1.165) is 34.5 Å². The fraction of sp³-hybridized carbons (Fsp3) is 0.257. The molecule has 0 atom stereocenters. The van der Waals surface area contributed by atoms with E-state index in [1.165, 1.54) is 36.0 Å². The first-order chi connectivity index (χ1) is 23.0. The summed E-state index contributed by atoms with van der Waals surface area (Å²) in [5.74, 6) is 0.00671. The molecule has 48 heavy (non-hydrogen) atoms. The second-order valence-electron chi connectivity index (χ2n) is 11.6. The number of amides is 1. The van der Waals surface area contributed by atoms with E-state index in [1.807, 2.05) is 30.5 Å². The van der Waals surface area contributed by atoms with Gasteiger partial charge < -0.3 is 14.4 Å². The van der Waals surface area contributed by atoms with Gasteiger partial charge in [0.25, 0.3) is 5.56 Å². The molecule has 1 amide bonds. The monoisotopic (exact) mass is 676 g/mol. The number of rotatable bonds is 9. The zero-order valence-corrected chi connectivity index (χ0v) is 26.8.